The van der Waals surface area contributed by atoms with E-state index in [-0.39, 0.29) is 23.1 Å². The number of carbonyl (C=O) groups is 1. The quantitative estimate of drug-likeness (QED) is 0.890. The Labute approximate surface area is 138 Å². The molecule has 24 heavy (non-hydrogen) atoms. The molecule has 0 unspecified atom stereocenters. The molecule has 0 spiro atoms. The molecule has 1 N–H and O–H groups in total. The van der Waals surface area contributed by atoms with Gasteiger partial charge < -0.3 is 10.1 Å². The van der Waals surface area contributed by atoms with Crippen molar-refractivity contribution in [3.05, 3.63) is 23.8 Å². The van der Waals surface area contributed by atoms with E-state index in [4.69, 9.17) is 4.74 Å². The van der Waals surface area contributed by atoms with Crippen molar-refractivity contribution in [2.45, 2.75) is 25.4 Å². The SMILES string of the molecule is COc1ccc(CC2CCS(=O)(=O)CC2)c(NC(=O)C(F)(F)F)c1. The first-order chi connectivity index (χ1) is 11.1. The molecule has 0 saturated carbocycles. The maximum atomic E-state index is 12.5. The maximum Gasteiger partial charge on any atom is 0.471 e. The third-order valence-electron chi connectivity index (χ3n) is 4.01. The van der Waals surface area contributed by atoms with Crippen molar-refractivity contribution in [3.8, 4) is 5.75 Å². The first kappa shape index (κ1) is 18.6. The van der Waals surface area contributed by atoms with Gasteiger partial charge in [0.05, 0.1) is 18.6 Å². The van der Waals surface area contributed by atoms with Gasteiger partial charge in [0.1, 0.15) is 15.6 Å². The highest BCUT2D eigenvalue weighted by atomic mass is 32.2. The number of amides is 1. The Hall–Kier alpha value is -1.77. The monoisotopic (exact) mass is 365 g/mol. The number of sulfone groups is 1. The second-order valence-corrected chi connectivity index (χ2v) is 8.08. The lowest BCUT2D eigenvalue weighted by Gasteiger charge is -2.23. The molecule has 1 aliphatic rings. The van der Waals surface area contributed by atoms with E-state index in [0.29, 0.717) is 30.6 Å². The molecule has 1 aromatic rings. The zero-order valence-corrected chi connectivity index (χ0v) is 13.8. The van der Waals surface area contributed by atoms with Crippen LogP contribution in [0.2, 0.25) is 0 Å². The molecule has 1 amide bonds. The fourth-order valence-corrected chi connectivity index (χ4v) is 4.21. The van der Waals surface area contributed by atoms with Crippen molar-refractivity contribution in [3.63, 3.8) is 0 Å². The minimum absolute atomic E-state index is 0.0325. The largest absolute Gasteiger partial charge is 0.497 e. The molecule has 0 radical (unpaired) electrons. The summed E-state index contributed by atoms with van der Waals surface area (Å²) in [5.74, 6) is -1.52. The lowest BCUT2D eigenvalue weighted by atomic mass is 9.93. The van der Waals surface area contributed by atoms with Crippen LogP contribution < -0.4 is 10.1 Å². The van der Waals surface area contributed by atoms with Gasteiger partial charge in [-0.25, -0.2) is 8.42 Å². The Bertz CT molecular complexity index is 702. The van der Waals surface area contributed by atoms with Crippen LogP contribution >= 0.6 is 0 Å². The van der Waals surface area contributed by atoms with Crippen LogP contribution in [0.1, 0.15) is 18.4 Å². The minimum atomic E-state index is -4.99. The Morgan fingerprint density at radius 1 is 1.29 bits per heavy atom. The molecular weight excluding hydrogens is 347 g/mol. The number of hydrogen-bond acceptors (Lipinski definition) is 4. The number of carbonyl (C=O) groups excluding carboxylic acids is 1. The van der Waals surface area contributed by atoms with E-state index in [0.717, 1.165) is 0 Å². The smallest absolute Gasteiger partial charge is 0.471 e. The second kappa shape index (κ2) is 7.00. The van der Waals surface area contributed by atoms with E-state index >= 15 is 0 Å². The number of anilines is 1. The number of halogens is 3. The van der Waals surface area contributed by atoms with E-state index in [9.17, 15) is 26.4 Å². The minimum Gasteiger partial charge on any atom is -0.497 e. The highest BCUT2D eigenvalue weighted by Gasteiger charge is 2.39. The summed E-state index contributed by atoms with van der Waals surface area (Å²) >= 11 is 0. The molecule has 1 heterocycles. The van der Waals surface area contributed by atoms with Gasteiger partial charge in [-0.2, -0.15) is 13.2 Å². The van der Waals surface area contributed by atoms with Crippen molar-refractivity contribution in [1.29, 1.82) is 0 Å². The average molecular weight is 365 g/mol. The predicted octanol–water partition coefficient (Wildman–Crippen LogP) is 2.56. The fraction of sp³-hybridized carbons (Fsp3) is 0.533. The fourth-order valence-electron chi connectivity index (χ4n) is 2.62. The van der Waals surface area contributed by atoms with Gasteiger partial charge in [0.2, 0.25) is 0 Å². The van der Waals surface area contributed by atoms with Crippen LogP contribution in [-0.4, -0.2) is 39.1 Å². The van der Waals surface area contributed by atoms with Crippen LogP contribution in [0, 0.1) is 5.92 Å². The third kappa shape index (κ3) is 4.86. The Balaban J connectivity index is 2.18. The maximum absolute atomic E-state index is 12.5. The summed E-state index contributed by atoms with van der Waals surface area (Å²) in [6, 6.07) is 4.52. The zero-order chi connectivity index (χ0) is 18.0. The lowest BCUT2D eigenvalue weighted by Crippen LogP contribution is -2.30. The molecule has 2 rings (SSSR count). The van der Waals surface area contributed by atoms with Gasteiger partial charge in [0.25, 0.3) is 0 Å². The van der Waals surface area contributed by atoms with Gasteiger partial charge >= 0.3 is 12.1 Å². The summed E-state index contributed by atoms with van der Waals surface area (Å²) in [5, 5.41) is 1.87. The average Bonchev–Trinajstić information content (AvgIpc) is 2.50. The van der Waals surface area contributed by atoms with E-state index in [2.05, 4.69) is 0 Å². The molecule has 5 nitrogen and oxygen atoms in total. The Morgan fingerprint density at radius 3 is 2.46 bits per heavy atom. The number of nitrogens with one attached hydrogen (secondary N) is 1. The molecule has 0 aliphatic carbocycles. The molecule has 134 valence electrons. The van der Waals surface area contributed by atoms with E-state index in [1.807, 2.05) is 5.32 Å². The van der Waals surface area contributed by atoms with E-state index in [1.54, 1.807) is 12.1 Å². The summed E-state index contributed by atoms with van der Waals surface area (Å²) in [6.45, 7) is 0. The first-order valence-corrected chi connectivity index (χ1v) is 9.18. The first-order valence-electron chi connectivity index (χ1n) is 7.36. The zero-order valence-electron chi connectivity index (χ0n) is 13.0. The highest BCUT2D eigenvalue weighted by molar-refractivity contribution is 7.91. The van der Waals surface area contributed by atoms with Gasteiger partial charge in [0.15, 0.2) is 0 Å². The molecular formula is C15H18F3NO4S. The molecule has 9 heteroatoms. The van der Waals surface area contributed by atoms with Gasteiger partial charge in [0, 0.05) is 11.8 Å². The van der Waals surface area contributed by atoms with Crippen LogP contribution in [0.5, 0.6) is 5.75 Å². The Kier molecular flexibility index (Phi) is 5.42. The number of hydrogen-bond donors (Lipinski definition) is 1. The van der Waals surface area contributed by atoms with Crippen molar-refractivity contribution < 1.29 is 31.1 Å². The number of rotatable bonds is 4. The number of benzene rings is 1. The van der Waals surface area contributed by atoms with Gasteiger partial charge in [-0.15, -0.1) is 0 Å². The molecule has 1 aliphatic heterocycles. The number of ether oxygens (including phenoxy) is 1. The van der Waals surface area contributed by atoms with E-state index < -0.39 is 21.9 Å². The summed E-state index contributed by atoms with van der Waals surface area (Å²) < 4.78 is 65.3. The van der Waals surface area contributed by atoms with Crippen LogP contribution in [0.3, 0.4) is 0 Å². The number of alkyl halides is 3. The summed E-state index contributed by atoms with van der Waals surface area (Å²) in [5.41, 5.74) is 0.558. The standard InChI is InChI=1S/C15H18F3NO4S/c1-23-12-3-2-11(8-10-4-6-24(21,22)7-5-10)13(9-12)19-14(20)15(16,17)18/h2-3,9-10H,4-8H2,1H3,(H,19,20). The molecule has 0 atom stereocenters. The van der Waals surface area contributed by atoms with Crippen LogP contribution in [-0.2, 0) is 21.1 Å². The van der Waals surface area contributed by atoms with Crippen LogP contribution in [0.4, 0.5) is 18.9 Å². The van der Waals surface area contributed by atoms with Crippen molar-refractivity contribution in [2.24, 2.45) is 5.92 Å². The van der Waals surface area contributed by atoms with Crippen molar-refractivity contribution in [2.75, 3.05) is 23.9 Å². The van der Waals surface area contributed by atoms with Crippen LogP contribution in [0.15, 0.2) is 18.2 Å². The summed E-state index contributed by atoms with van der Waals surface area (Å²) in [6.07, 6.45) is -3.67. The highest BCUT2D eigenvalue weighted by Crippen LogP contribution is 2.30. The van der Waals surface area contributed by atoms with Gasteiger partial charge in [-0.05, 0) is 36.8 Å². The third-order valence-corrected chi connectivity index (χ3v) is 5.72. The molecule has 0 aromatic heterocycles. The topological polar surface area (TPSA) is 72.5 Å². The molecule has 1 fully saturated rings. The number of methoxy groups -OCH3 is 1. The predicted molar refractivity (Wildman–Crippen MR) is 82.8 cm³/mol. The van der Waals surface area contributed by atoms with E-state index in [1.165, 1.54) is 13.2 Å². The molecule has 0 bridgehead atoms. The Morgan fingerprint density at radius 2 is 1.92 bits per heavy atom. The summed E-state index contributed by atoms with van der Waals surface area (Å²) in [7, 11) is -1.63. The molecule has 1 saturated heterocycles. The van der Waals surface area contributed by atoms with Crippen LogP contribution in [0.25, 0.3) is 0 Å². The van der Waals surface area contributed by atoms with Crippen molar-refractivity contribution in [1.82, 2.24) is 0 Å². The molecule has 1 aromatic carbocycles. The second-order valence-electron chi connectivity index (χ2n) is 5.77. The van der Waals surface area contributed by atoms with Gasteiger partial charge in [-0.1, -0.05) is 6.07 Å². The summed E-state index contributed by atoms with van der Waals surface area (Å²) in [4.78, 5) is 11.2. The van der Waals surface area contributed by atoms with Crippen molar-refractivity contribution >= 4 is 21.4 Å². The normalized spacial score (nSPS) is 18.2. The van der Waals surface area contributed by atoms with Gasteiger partial charge in [-0.3, -0.25) is 4.79 Å². The lowest BCUT2D eigenvalue weighted by molar-refractivity contribution is -0.167.